The second-order valence-electron chi connectivity index (χ2n) is 4.06. The number of nitro groups is 1. The van der Waals surface area contributed by atoms with Gasteiger partial charge in [-0.25, -0.2) is 9.48 Å². The van der Waals surface area contributed by atoms with Gasteiger partial charge in [0, 0.05) is 24.2 Å². The van der Waals surface area contributed by atoms with Gasteiger partial charge < -0.3 is 4.74 Å². The molecule has 104 valence electrons. The van der Waals surface area contributed by atoms with Gasteiger partial charge in [0.25, 0.3) is 5.69 Å². The second-order valence-corrected chi connectivity index (χ2v) is 4.49. The molecule has 0 spiro atoms. The van der Waals surface area contributed by atoms with E-state index in [1.54, 1.807) is 20.0 Å². The predicted molar refractivity (Wildman–Crippen MR) is 71.0 cm³/mol. The molecule has 0 fully saturated rings. The van der Waals surface area contributed by atoms with Crippen molar-refractivity contribution in [2.24, 2.45) is 7.05 Å². The third-order valence-corrected chi connectivity index (χ3v) is 2.77. The van der Waals surface area contributed by atoms with Crippen LogP contribution in [-0.4, -0.2) is 20.7 Å². The number of esters is 1. The van der Waals surface area contributed by atoms with Crippen LogP contribution in [0.2, 0.25) is 5.02 Å². The first-order chi connectivity index (χ1) is 9.38. The van der Waals surface area contributed by atoms with Crippen LogP contribution in [0.1, 0.15) is 16.1 Å². The first-order valence-corrected chi connectivity index (χ1v) is 5.93. The molecule has 8 heteroatoms. The van der Waals surface area contributed by atoms with E-state index in [-0.39, 0.29) is 16.5 Å². The first kappa shape index (κ1) is 14.0. The lowest BCUT2D eigenvalue weighted by Gasteiger charge is -2.05. The molecule has 1 aromatic carbocycles. The normalized spacial score (nSPS) is 10.3. The molecule has 2 rings (SSSR count). The van der Waals surface area contributed by atoms with Gasteiger partial charge in [0.15, 0.2) is 0 Å². The highest BCUT2D eigenvalue weighted by Crippen LogP contribution is 2.24. The molecule has 0 saturated heterocycles. The second kappa shape index (κ2) is 5.30. The van der Waals surface area contributed by atoms with Gasteiger partial charge in [0.1, 0.15) is 5.56 Å². The monoisotopic (exact) mass is 295 g/mol. The zero-order valence-corrected chi connectivity index (χ0v) is 11.4. The van der Waals surface area contributed by atoms with Crippen LogP contribution in [0.15, 0.2) is 24.3 Å². The lowest BCUT2D eigenvalue weighted by atomic mass is 10.2. The molecule has 1 heterocycles. The van der Waals surface area contributed by atoms with Gasteiger partial charge in [0.2, 0.25) is 5.88 Å². The van der Waals surface area contributed by atoms with Crippen LogP contribution in [0, 0.1) is 17.0 Å². The molecule has 0 atom stereocenters. The van der Waals surface area contributed by atoms with Gasteiger partial charge in [-0.3, -0.25) is 10.1 Å². The number of rotatable bonds is 3. The van der Waals surface area contributed by atoms with E-state index in [1.165, 1.54) is 16.8 Å². The first-order valence-electron chi connectivity index (χ1n) is 5.55. The Kier molecular flexibility index (Phi) is 3.71. The van der Waals surface area contributed by atoms with E-state index in [4.69, 9.17) is 16.3 Å². The lowest BCUT2D eigenvalue weighted by molar-refractivity contribution is -0.385. The number of nitro benzene ring substituents is 1. The van der Waals surface area contributed by atoms with E-state index >= 15 is 0 Å². The molecule has 0 aliphatic heterocycles. The van der Waals surface area contributed by atoms with Crippen molar-refractivity contribution in [1.29, 1.82) is 0 Å². The third-order valence-electron chi connectivity index (χ3n) is 2.53. The molecular weight excluding hydrogens is 286 g/mol. The maximum Gasteiger partial charge on any atom is 0.351 e. The fraction of sp³-hybridized carbons (Fsp3) is 0.167. The summed E-state index contributed by atoms with van der Waals surface area (Å²) in [7, 11) is 1.60. The average molecular weight is 296 g/mol. The number of aromatic nitrogens is 2. The van der Waals surface area contributed by atoms with Crippen LogP contribution in [0.25, 0.3) is 0 Å². The Balaban J connectivity index is 2.34. The summed E-state index contributed by atoms with van der Waals surface area (Å²) in [6, 6.07) is 5.30. The van der Waals surface area contributed by atoms with E-state index in [0.717, 1.165) is 6.07 Å². The number of hydrogen-bond donors (Lipinski definition) is 0. The Morgan fingerprint density at radius 1 is 1.45 bits per heavy atom. The van der Waals surface area contributed by atoms with E-state index in [0.29, 0.717) is 5.69 Å². The van der Waals surface area contributed by atoms with Crippen molar-refractivity contribution in [2.45, 2.75) is 6.92 Å². The molecular formula is C12H10ClN3O4. The van der Waals surface area contributed by atoms with Gasteiger partial charge in [-0.1, -0.05) is 11.6 Å². The summed E-state index contributed by atoms with van der Waals surface area (Å²) >= 11 is 5.68. The third kappa shape index (κ3) is 2.77. The summed E-state index contributed by atoms with van der Waals surface area (Å²) in [5.74, 6) is -0.631. The summed E-state index contributed by atoms with van der Waals surface area (Å²) in [5, 5.41) is 15.1. The molecule has 0 amide bonds. The average Bonchev–Trinajstić information content (AvgIpc) is 2.67. The lowest BCUT2D eigenvalue weighted by Crippen LogP contribution is -2.13. The van der Waals surface area contributed by atoms with Crippen molar-refractivity contribution in [1.82, 2.24) is 9.78 Å². The smallest absolute Gasteiger partial charge is 0.351 e. The quantitative estimate of drug-likeness (QED) is 0.493. The van der Waals surface area contributed by atoms with Crippen molar-refractivity contribution in [3.05, 3.63) is 50.7 Å². The minimum atomic E-state index is -0.837. The zero-order valence-electron chi connectivity index (χ0n) is 10.7. The number of carbonyl (C=O) groups is 1. The molecule has 0 saturated carbocycles. The van der Waals surface area contributed by atoms with E-state index in [2.05, 4.69) is 5.10 Å². The highest BCUT2D eigenvalue weighted by atomic mass is 35.5. The Bertz CT molecular complexity index is 696. The number of nitrogens with zero attached hydrogens (tertiary/aromatic N) is 3. The van der Waals surface area contributed by atoms with Crippen LogP contribution in [0.4, 0.5) is 5.69 Å². The Morgan fingerprint density at radius 2 is 2.15 bits per heavy atom. The summed E-state index contributed by atoms with van der Waals surface area (Å²) in [5.41, 5.74) is 0.0977. The van der Waals surface area contributed by atoms with E-state index in [9.17, 15) is 14.9 Å². The molecule has 0 unspecified atom stereocenters. The molecule has 7 nitrogen and oxygen atoms in total. The van der Waals surface area contributed by atoms with Crippen molar-refractivity contribution in [2.75, 3.05) is 0 Å². The fourth-order valence-corrected chi connectivity index (χ4v) is 1.83. The topological polar surface area (TPSA) is 87.3 Å². The highest BCUT2D eigenvalue weighted by molar-refractivity contribution is 6.31. The molecule has 0 bridgehead atoms. The van der Waals surface area contributed by atoms with Crippen LogP contribution in [0.3, 0.4) is 0 Å². The Labute approximate surface area is 118 Å². The number of benzene rings is 1. The summed E-state index contributed by atoms with van der Waals surface area (Å²) in [4.78, 5) is 22.2. The zero-order chi connectivity index (χ0) is 14.9. The molecule has 20 heavy (non-hydrogen) atoms. The molecule has 0 N–H and O–H groups in total. The minimum Gasteiger partial charge on any atom is -0.404 e. The number of carbonyl (C=O) groups excluding carboxylic acids is 1. The molecule has 0 radical (unpaired) electrons. The fourth-order valence-electron chi connectivity index (χ4n) is 1.66. The van der Waals surface area contributed by atoms with Gasteiger partial charge >= 0.3 is 5.97 Å². The van der Waals surface area contributed by atoms with Crippen molar-refractivity contribution in [3.8, 4) is 5.88 Å². The summed E-state index contributed by atoms with van der Waals surface area (Å²) < 4.78 is 6.47. The minimum absolute atomic E-state index is 0.168. The maximum absolute atomic E-state index is 12.0. The van der Waals surface area contributed by atoms with Crippen molar-refractivity contribution < 1.29 is 14.5 Å². The molecule has 2 aromatic rings. The van der Waals surface area contributed by atoms with E-state index < -0.39 is 16.6 Å². The van der Waals surface area contributed by atoms with Gasteiger partial charge in [-0.05, 0) is 19.1 Å². The summed E-state index contributed by atoms with van der Waals surface area (Å²) in [6.07, 6.45) is 0. The van der Waals surface area contributed by atoms with Crippen LogP contribution >= 0.6 is 11.6 Å². The van der Waals surface area contributed by atoms with Gasteiger partial charge in [-0.15, -0.1) is 0 Å². The summed E-state index contributed by atoms with van der Waals surface area (Å²) in [6.45, 7) is 1.74. The van der Waals surface area contributed by atoms with Crippen LogP contribution in [0.5, 0.6) is 5.88 Å². The predicted octanol–water partition coefficient (Wildman–Crippen LogP) is 2.51. The van der Waals surface area contributed by atoms with Crippen LogP contribution in [-0.2, 0) is 7.05 Å². The maximum atomic E-state index is 12.0. The highest BCUT2D eigenvalue weighted by Gasteiger charge is 2.23. The van der Waals surface area contributed by atoms with Gasteiger partial charge in [0.05, 0.1) is 10.6 Å². The number of hydrogen-bond acceptors (Lipinski definition) is 5. The van der Waals surface area contributed by atoms with E-state index in [1.807, 2.05) is 0 Å². The van der Waals surface area contributed by atoms with Crippen molar-refractivity contribution >= 4 is 23.3 Å². The Morgan fingerprint density at radius 3 is 2.70 bits per heavy atom. The molecule has 0 aliphatic rings. The largest absolute Gasteiger partial charge is 0.404 e. The Hall–Kier alpha value is -2.41. The molecule has 1 aromatic heterocycles. The van der Waals surface area contributed by atoms with Crippen LogP contribution < -0.4 is 4.74 Å². The van der Waals surface area contributed by atoms with Crippen molar-refractivity contribution in [3.63, 3.8) is 0 Å². The number of halogens is 1. The molecule has 0 aliphatic carbocycles. The number of aryl methyl sites for hydroxylation is 2. The SMILES string of the molecule is Cc1cc(OC(=O)c2ccc(Cl)cc2[N+](=O)[O-])n(C)n1. The standard InChI is InChI=1S/C12H10ClN3O4/c1-7-5-11(15(2)14-7)20-12(17)9-4-3-8(13)6-10(9)16(18)19/h3-6H,1-2H3. The van der Waals surface area contributed by atoms with Gasteiger partial charge in [-0.2, -0.15) is 5.10 Å². The number of ether oxygens (including phenoxy) is 1.